The monoisotopic (exact) mass is 262 g/mol. The molecule has 19 heavy (non-hydrogen) atoms. The van der Waals surface area contributed by atoms with Crippen molar-refractivity contribution in [2.45, 2.75) is 63.1 Å². The van der Waals surface area contributed by atoms with Crippen LogP contribution in [0.5, 0.6) is 0 Å². The van der Waals surface area contributed by atoms with Gasteiger partial charge in [0.25, 0.3) is 0 Å². The number of carbonyl (C=O) groups is 1. The third-order valence-electron chi connectivity index (χ3n) is 4.49. The molecule has 2 atom stereocenters. The van der Waals surface area contributed by atoms with Crippen LogP contribution in [0.15, 0.2) is 22.8 Å². The van der Waals surface area contributed by atoms with E-state index in [0.29, 0.717) is 12.5 Å². The van der Waals surface area contributed by atoms with Crippen molar-refractivity contribution in [3.05, 3.63) is 24.2 Å². The predicted molar refractivity (Wildman–Crippen MR) is 72.4 cm³/mol. The van der Waals surface area contributed by atoms with Crippen molar-refractivity contribution in [1.29, 1.82) is 0 Å². The molecule has 0 spiro atoms. The Morgan fingerprint density at radius 3 is 2.68 bits per heavy atom. The fraction of sp³-hybridized carbons (Fsp3) is 0.667. The van der Waals surface area contributed by atoms with Crippen LogP contribution in [0.4, 0.5) is 0 Å². The molecular formula is C15H22N2O2. The first-order valence-electron chi connectivity index (χ1n) is 7.37. The van der Waals surface area contributed by atoms with Crippen molar-refractivity contribution in [2.75, 3.05) is 0 Å². The van der Waals surface area contributed by atoms with Gasteiger partial charge in [-0.05, 0) is 31.4 Å². The van der Waals surface area contributed by atoms with E-state index in [9.17, 15) is 4.79 Å². The minimum absolute atomic E-state index is 0.00854. The highest BCUT2D eigenvalue weighted by molar-refractivity contribution is 5.78. The Morgan fingerprint density at radius 2 is 2.00 bits per heavy atom. The van der Waals surface area contributed by atoms with Crippen LogP contribution in [-0.4, -0.2) is 22.9 Å². The molecule has 1 saturated heterocycles. The van der Waals surface area contributed by atoms with Crippen LogP contribution in [-0.2, 0) is 4.79 Å². The van der Waals surface area contributed by atoms with Crippen LogP contribution in [0.2, 0.25) is 0 Å². The highest BCUT2D eigenvalue weighted by Gasteiger charge is 2.40. The van der Waals surface area contributed by atoms with Crippen molar-refractivity contribution in [3.8, 4) is 0 Å². The van der Waals surface area contributed by atoms with Crippen LogP contribution in [0.3, 0.4) is 0 Å². The summed E-state index contributed by atoms with van der Waals surface area (Å²) in [7, 11) is 0. The lowest BCUT2D eigenvalue weighted by Crippen LogP contribution is -2.53. The van der Waals surface area contributed by atoms with Gasteiger partial charge < -0.3 is 15.1 Å². The van der Waals surface area contributed by atoms with E-state index >= 15 is 0 Å². The molecule has 1 saturated carbocycles. The SMILES string of the molecule is NC1CCC(=O)N(C2CCCCC2)C1c1ccco1. The molecular weight excluding hydrogens is 240 g/mol. The number of hydrogen-bond donors (Lipinski definition) is 1. The first kappa shape index (κ1) is 12.7. The minimum atomic E-state index is -0.0700. The lowest BCUT2D eigenvalue weighted by molar-refractivity contribution is -0.142. The van der Waals surface area contributed by atoms with Crippen LogP contribution < -0.4 is 5.73 Å². The molecule has 2 N–H and O–H groups in total. The first-order chi connectivity index (χ1) is 9.27. The van der Waals surface area contributed by atoms with E-state index < -0.39 is 0 Å². The maximum atomic E-state index is 12.4. The Kier molecular flexibility index (Phi) is 3.60. The van der Waals surface area contributed by atoms with Gasteiger partial charge in [0.2, 0.25) is 5.91 Å². The van der Waals surface area contributed by atoms with Crippen molar-refractivity contribution >= 4 is 5.91 Å². The number of likely N-dealkylation sites (tertiary alicyclic amines) is 1. The van der Waals surface area contributed by atoms with Crippen LogP contribution >= 0.6 is 0 Å². The number of hydrogen-bond acceptors (Lipinski definition) is 3. The molecule has 3 rings (SSSR count). The van der Waals surface area contributed by atoms with E-state index in [2.05, 4.69) is 0 Å². The summed E-state index contributed by atoms with van der Waals surface area (Å²) in [4.78, 5) is 14.4. The van der Waals surface area contributed by atoms with Gasteiger partial charge in [0.15, 0.2) is 0 Å². The zero-order valence-corrected chi connectivity index (χ0v) is 11.3. The summed E-state index contributed by atoms with van der Waals surface area (Å²) >= 11 is 0. The predicted octanol–water partition coefficient (Wildman–Crippen LogP) is 2.60. The van der Waals surface area contributed by atoms with Gasteiger partial charge in [-0.1, -0.05) is 19.3 Å². The maximum Gasteiger partial charge on any atom is 0.223 e. The molecule has 2 fully saturated rings. The molecule has 2 aliphatic rings. The van der Waals surface area contributed by atoms with Gasteiger partial charge in [-0.3, -0.25) is 4.79 Å². The van der Waals surface area contributed by atoms with Crippen LogP contribution in [0, 0.1) is 0 Å². The zero-order valence-electron chi connectivity index (χ0n) is 11.3. The lowest BCUT2D eigenvalue weighted by Gasteiger charge is -2.44. The van der Waals surface area contributed by atoms with E-state index in [-0.39, 0.29) is 18.0 Å². The molecule has 1 aliphatic heterocycles. The maximum absolute atomic E-state index is 12.4. The van der Waals surface area contributed by atoms with Gasteiger partial charge in [-0.25, -0.2) is 0 Å². The number of amides is 1. The molecule has 1 aliphatic carbocycles. The largest absolute Gasteiger partial charge is 0.467 e. The molecule has 104 valence electrons. The summed E-state index contributed by atoms with van der Waals surface area (Å²) in [5.41, 5.74) is 6.28. The lowest BCUT2D eigenvalue weighted by atomic mass is 9.87. The number of piperidine rings is 1. The fourth-order valence-corrected chi connectivity index (χ4v) is 3.54. The minimum Gasteiger partial charge on any atom is -0.467 e. The van der Waals surface area contributed by atoms with Crippen molar-refractivity contribution in [2.24, 2.45) is 5.73 Å². The Labute approximate surface area is 113 Å². The van der Waals surface area contributed by atoms with E-state index in [1.54, 1.807) is 6.26 Å². The second-order valence-electron chi connectivity index (χ2n) is 5.76. The molecule has 2 heterocycles. The van der Waals surface area contributed by atoms with Crippen molar-refractivity contribution < 1.29 is 9.21 Å². The number of nitrogens with two attached hydrogens (primary N) is 1. The standard InChI is InChI=1S/C15H22N2O2/c16-12-8-9-14(18)17(11-5-2-1-3-6-11)15(12)13-7-4-10-19-13/h4,7,10-12,15H,1-3,5-6,8-9,16H2. The highest BCUT2D eigenvalue weighted by Crippen LogP contribution is 2.36. The molecule has 1 aromatic heterocycles. The molecule has 1 amide bonds. The van der Waals surface area contributed by atoms with Crippen molar-refractivity contribution in [3.63, 3.8) is 0 Å². The summed E-state index contributed by atoms with van der Waals surface area (Å²) in [6.07, 6.45) is 8.94. The summed E-state index contributed by atoms with van der Waals surface area (Å²) in [6, 6.07) is 4.09. The molecule has 0 aromatic carbocycles. The Hall–Kier alpha value is -1.29. The number of rotatable bonds is 2. The van der Waals surface area contributed by atoms with Crippen LogP contribution in [0.1, 0.15) is 56.7 Å². The summed E-state index contributed by atoms with van der Waals surface area (Å²) in [5.74, 6) is 1.08. The average Bonchev–Trinajstić information content (AvgIpc) is 2.96. The smallest absolute Gasteiger partial charge is 0.223 e. The van der Waals surface area contributed by atoms with Gasteiger partial charge in [0.05, 0.1) is 6.26 Å². The zero-order chi connectivity index (χ0) is 13.2. The summed E-state index contributed by atoms with van der Waals surface area (Å²) in [6.45, 7) is 0. The second kappa shape index (κ2) is 5.37. The fourth-order valence-electron chi connectivity index (χ4n) is 3.54. The van der Waals surface area contributed by atoms with Crippen LogP contribution in [0.25, 0.3) is 0 Å². The molecule has 4 nitrogen and oxygen atoms in total. The Morgan fingerprint density at radius 1 is 1.21 bits per heavy atom. The van der Waals surface area contributed by atoms with Gasteiger partial charge in [-0.15, -0.1) is 0 Å². The van der Waals surface area contributed by atoms with Gasteiger partial charge in [-0.2, -0.15) is 0 Å². The Balaban J connectivity index is 1.88. The van der Waals surface area contributed by atoms with E-state index in [4.69, 9.17) is 10.2 Å². The van der Waals surface area contributed by atoms with Gasteiger partial charge in [0.1, 0.15) is 11.8 Å². The number of nitrogens with zero attached hydrogens (tertiary/aromatic N) is 1. The van der Waals surface area contributed by atoms with Gasteiger partial charge >= 0.3 is 0 Å². The van der Waals surface area contributed by atoms with E-state index in [1.807, 2.05) is 17.0 Å². The molecule has 4 heteroatoms. The van der Waals surface area contributed by atoms with Gasteiger partial charge in [0, 0.05) is 18.5 Å². The third-order valence-corrected chi connectivity index (χ3v) is 4.49. The molecule has 0 radical (unpaired) electrons. The van der Waals surface area contributed by atoms with E-state index in [1.165, 1.54) is 19.3 Å². The summed E-state index contributed by atoms with van der Waals surface area (Å²) < 4.78 is 5.54. The first-order valence-corrected chi connectivity index (χ1v) is 7.37. The molecule has 1 aromatic rings. The average molecular weight is 262 g/mol. The number of carbonyl (C=O) groups excluding carboxylic acids is 1. The highest BCUT2D eigenvalue weighted by atomic mass is 16.3. The second-order valence-corrected chi connectivity index (χ2v) is 5.76. The quantitative estimate of drug-likeness (QED) is 0.891. The topological polar surface area (TPSA) is 59.5 Å². The molecule has 0 bridgehead atoms. The summed E-state index contributed by atoms with van der Waals surface area (Å²) in [5, 5.41) is 0. The van der Waals surface area contributed by atoms with E-state index in [0.717, 1.165) is 25.0 Å². The molecule has 2 unspecified atom stereocenters. The third kappa shape index (κ3) is 2.41. The Bertz CT molecular complexity index is 423. The normalized spacial score (nSPS) is 29.7. The van der Waals surface area contributed by atoms with Crippen molar-refractivity contribution in [1.82, 2.24) is 4.90 Å². The number of furan rings is 1.